The topological polar surface area (TPSA) is 81.6 Å². The number of rotatable bonds is 3. The maximum Gasteiger partial charge on any atom is 0.221 e. The van der Waals surface area contributed by atoms with E-state index in [0.717, 1.165) is 0 Å². The number of hydrogen-bond acceptors (Lipinski definition) is 4. The van der Waals surface area contributed by atoms with Crippen molar-refractivity contribution in [2.24, 2.45) is 0 Å². The number of hydrogen-bond donors (Lipinski definition) is 4. The molecule has 0 fully saturated rings. The average molecular weight is 196 g/mol. The number of anilines is 1. The summed E-state index contributed by atoms with van der Waals surface area (Å²) in [5, 5.41) is 20.5. The molecule has 1 aromatic carbocycles. The molecular formula is C9H12N2O3. The van der Waals surface area contributed by atoms with Crippen LogP contribution in [0.1, 0.15) is 12.5 Å². The van der Waals surface area contributed by atoms with Crippen LogP contribution in [0.25, 0.3) is 0 Å². The lowest BCUT2D eigenvalue weighted by atomic mass is 10.1. The molecule has 14 heavy (non-hydrogen) atoms. The second-order valence-electron chi connectivity index (χ2n) is 2.83. The van der Waals surface area contributed by atoms with E-state index in [2.05, 4.69) is 5.32 Å². The summed E-state index contributed by atoms with van der Waals surface area (Å²) in [5.41, 5.74) is 2.90. The van der Waals surface area contributed by atoms with E-state index in [1.165, 1.54) is 13.0 Å². The minimum absolute atomic E-state index is 0.0204. The molecule has 1 rings (SSSR count). The van der Waals surface area contributed by atoms with Gasteiger partial charge in [-0.05, 0) is 11.6 Å². The fourth-order valence-corrected chi connectivity index (χ4v) is 1.14. The van der Waals surface area contributed by atoms with Crippen LogP contribution >= 0.6 is 0 Å². The predicted octanol–water partition coefficient (Wildman–Crippen LogP) is 0.829. The van der Waals surface area contributed by atoms with E-state index < -0.39 is 0 Å². The Morgan fingerprint density at radius 2 is 2.21 bits per heavy atom. The van der Waals surface area contributed by atoms with Crippen molar-refractivity contribution >= 4 is 11.6 Å². The first kappa shape index (κ1) is 10.5. The van der Waals surface area contributed by atoms with Crippen molar-refractivity contribution in [1.82, 2.24) is 5.48 Å². The number of nitrogens with one attached hydrogen (secondary N) is 2. The van der Waals surface area contributed by atoms with Crippen LogP contribution in [0.5, 0.6) is 5.75 Å². The van der Waals surface area contributed by atoms with Gasteiger partial charge >= 0.3 is 0 Å². The third-order valence-corrected chi connectivity index (χ3v) is 1.70. The van der Waals surface area contributed by atoms with Gasteiger partial charge in [-0.1, -0.05) is 12.1 Å². The van der Waals surface area contributed by atoms with Gasteiger partial charge in [0.2, 0.25) is 5.91 Å². The predicted molar refractivity (Wildman–Crippen MR) is 51.0 cm³/mol. The van der Waals surface area contributed by atoms with E-state index in [0.29, 0.717) is 11.3 Å². The SMILES string of the molecule is CC(=O)Nc1c(O)cccc1CNO. The second kappa shape index (κ2) is 4.59. The Morgan fingerprint density at radius 3 is 2.79 bits per heavy atom. The van der Waals surface area contributed by atoms with Crippen molar-refractivity contribution in [3.8, 4) is 5.75 Å². The first-order valence-corrected chi connectivity index (χ1v) is 4.10. The molecule has 4 N–H and O–H groups in total. The molecule has 0 saturated carbocycles. The quantitative estimate of drug-likeness (QED) is 0.426. The molecular weight excluding hydrogens is 184 g/mol. The molecule has 0 aliphatic carbocycles. The molecule has 76 valence electrons. The molecule has 1 amide bonds. The number of hydroxylamine groups is 1. The Morgan fingerprint density at radius 1 is 1.50 bits per heavy atom. The zero-order chi connectivity index (χ0) is 10.6. The molecule has 0 spiro atoms. The normalized spacial score (nSPS) is 9.86. The van der Waals surface area contributed by atoms with E-state index in [-0.39, 0.29) is 18.2 Å². The molecule has 0 aromatic heterocycles. The Hall–Kier alpha value is -1.59. The van der Waals surface area contributed by atoms with Crippen LogP contribution < -0.4 is 10.8 Å². The summed E-state index contributed by atoms with van der Waals surface area (Å²) in [4.78, 5) is 10.8. The molecule has 0 aliphatic rings. The highest BCUT2D eigenvalue weighted by Crippen LogP contribution is 2.26. The minimum atomic E-state index is -0.273. The van der Waals surface area contributed by atoms with Gasteiger partial charge in [-0.3, -0.25) is 4.79 Å². The van der Waals surface area contributed by atoms with Gasteiger partial charge in [-0.2, -0.15) is 0 Å². The van der Waals surface area contributed by atoms with E-state index in [9.17, 15) is 9.90 Å². The summed E-state index contributed by atoms with van der Waals surface area (Å²) >= 11 is 0. The summed E-state index contributed by atoms with van der Waals surface area (Å²) in [7, 11) is 0. The van der Waals surface area contributed by atoms with Crippen LogP contribution in [0.15, 0.2) is 18.2 Å². The van der Waals surface area contributed by atoms with Gasteiger partial charge < -0.3 is 15.6 Å². The summed E-state index contributed by atoms with van der Waals surface area (Å²) < 4.78 is 0. The number of carbonyl (C=O) groups excluding carboxylic acids is 1. The molecule has 5 nitrogen and oxygen atoms in total. The first-order chi connectivity index (χ1) is 6.65. The van der Waals surface area contributed by atoms with Gasteiger partial charge in [0.05, 0.1) is 5.69 Å². The fourth-order valence-electron chi connectivity index (χ4n) is 1.14. The van der Waals surface area contributed by atoms with Crippen LogP contribution in [0.3, 0.4) is 0 Å². The van der Waals surface area contributed by atoms with Crippen LogP contribution in [0.4, 0.5) is 5.69 Å². The van der Waals surface area contributed by atoms with Gasteiger partial charge in [-0.25, -0.2) is 5.48 Å². The van der Waals surface area contributed by atoms with Crippen LogP contribution in [-0.4, -0.2) is 16.2 Å². The minimum Gasteiger partial charge on any atom is -0.506 e. The number of para-hydroxylation sites is 1. The molecule has 5 heteroatoms. The molecule has 0 aliphatic heterocycles. The maximum atomic E-state index is 10.8. The van der Waals surface area contributed by atoms with Crippen LogP contribution in [0.2, 0.25) is 0 Å². The van der Waals surface area contributed by atoms with Crippen molar-refractivity contribution in [3.05, 3.63) is 23.8 Å². The lowest BCUT2D eigenvalue weighted by Gasteiger charge is -2.10. The molecule has 0 atom stereocenters. The van der Waals surface area contributed by atoms with E-state index >= 15 is 0 Å². The van der Waals surface area contributed by atoms with Crippen LogP contribution in [-0.2, 0) is 11.3 Å². The number of phenolic OH excluding ortho intramolecular Hbond substituents is 1. The maximum absolute atomic E-state index is 10.8. The summed E-state index contributed by atoms with van der Waals surface area (Å²) in [6.45, 7) is 1.51. The van der Waals surface area contributed by atoms with Crippen LogP contribution in [0, 0.1) is 0 Å². The molecule has 0 saturated heterocycles. The van der Waals surface area contributed by atoms with Gasteiger partial charge in [-0.15, -0.1) is 0 Å². The fraction of sp³-hybridized carbons (Fsp3) is 0.222. The third-order valence-electron chi connectivity index (χ3n) is 1.70. The smallest absolute Gasteiger partial charge is 0.221 e. The molecule has 0 radical (unpaired) electrons. The Labute approximate surface area is 81.3 Å². The van der Waals surface area contributed by atoms with Gasteiger partial charge in [0, 0.05) is 13.5 Å². The number of phenols is 1. The van der Waals surface area contributed by atoms with Gasteiger partial charge in [0.25, 0.3) is 0 Å². The molecule has 1 aromatic rings. The Bertz CT molecular complexity index is 339. The molecule has 0 heterocycles. The number of carbonyl (C=O) groups is 1. The average Bonchev–Trinajstić information content (AvgIpc) is 2.11. The summed E-state index contributed by atoms with van der Waals surface area (Å²) in [5.74, 6) is -0.293. The summed E-state index contributed by atoms with van der Waals surface area (Å²) in [6, 6.07) is 4.79. The lowest BCUT2D eigenvalue weighted by Crippen LogP contribution is -2.12. The van der Waals surface area contributed by atoms with E-state index in [1.807, 2.05) is 5.48 Å². The zero-order valence-electron chi connectivity index (χ0n) is 7.74. The largest absolute Gasteiger partial charge is 0.506 e. The lowest BCUT2D eigenvalue weighted by molar-refractivity contribution is -0.114. The Balaban J connectivity index is 3.02. The third kappa shape index (κ3) is 2.45. The number of benzene rings is 1. The van der Waals surface area contributed by atoms with Crippen molar-refractivity contribution in [2.45, 2.75) is 13.5 Å². The van der Waals surface area contributed by atoms with E-state index in [1.54, 1.807) is 12.1 Å². The zero-order valence-corrected chi connectivity index (χ0v) is 7.74. The summed E-state index contributed by atoms with van der Waals surface area (Å²) in [6.07, 6.45) is 0. The van der Waals surface area contributed by atoms with Crippen molar-refractivity contribution in [1.29, 1.82) is 0 Å². The van der Waals surface area contributed by atoms with Crippen molar-refractivity contribution in [2.75, 3.05) is 5.32 Å². The van der Waals surface area contributed by atoms with Gasteiger partial charge in [0.1, 0.15) is 5.75 Å². The second-order valence-corrected chi connectivity index (χ2v) is 2.83. The van der Waals surface area contributed by atoms with Gasteiger partial charge in [0.15, 0.2) is 0 Å². The van der Waals surface area contributed by atoms with Crippen molar-refractivity contribution in [3.63, 3.8) is 0 Å². The highest BCUT2D eigenvalue weighted by Gasteiger charge is 2.07. The monoisotopic (exact) mass is 196 g/mol. The first-order valence-electron chi connectivity index (χ1n) is 4.10. The molecule has 0 bridgehead atoms. The molecule has 0 unspecified atom stereocenters. The standard InChI is InChI=1S/C9H12N2O3/c1-6(12)11-9-7(5-10-14)3-2-4-8(9)13/h2-4,10,13-14H,5H2,1H3,(H,11,12). The Kier molecular flexibility index (Phi) is 3.44. The number of aromatic hydroxyl groups is 1. The van der Waals surface area contributed by atoms with E-state index in [4.69, 9.17) is 5.21 Å². The highest BCUT2D eigenvalue weighted by molar-refractivity contribution is 5.91. The van der Waals surface area contributed by atoms with Crippen molar-refractivity contribution < 1.29 is 15.1 Å². The highest BCUT2D eigenvalue weighted by atomic mass is 16.5. The number of amides is 1.